The molecule has 1 heterocycles. The maximum absolute atomic E-state index is 10.5. The highest BCUT2D eigenvalue weighted by atomic mass is 16.5. The number of carbonyl (C=O) groups is 1. The molecule has 1 aromatic carbocycles. The number of aldehydes is 1. The molecule has 0 radical (unpaired) electrons. The first-order chi connectivity index (χ1) is 7.94. The zero-order valence-electron chi connectivity index (χ0n) is 11.1. The molecule has 0 N–H and O–H groups in total. The van der Waals surface area contributed by atoms with Crippen LogP contribution in [0, 0.1) is 13.8 Å². The van der Waals surface area contributed by atoms with E-state index >= 15 is 0 Å². The summed E-state index contributed by atoms with van der Waals surface area (Å²) in [6, 6.07) is 2.21. The van der Waals surface area contributed by atoms with E-state index in [0.717, 1.165) is 24.9 Å². The van der Waals surface area contributed by atoms with Crippen molar-refractivity contribution in [2.75, 3.05) is 0 Å². The Kier molecular flexibility index (Phi) is 2.98. The van der Waals surface area contributed by atoms with Gasteiger partial charge in [-0.05, 0) is 50.8 Å². The largest absolute Gasteiger partial charge is 0.487 e. The standard InChI is InChI=1S/C15H20O2/c1-10-8-11(2)13-9-15(3,4)17-14(13)12(10)6-5-7-16/h7-8H,5-6,9H2,1-4H3. The predicted molar refractivity (Wildman–Crippen MR) is 68.7 cm³/mol. The lowest BCUT2D eigenvalue weighted by molar-refractivity contribution is -0.107. The number of hydrogen-bond acceptors (Lipinski definition) is 2. The van der Waals surface area contributed by atoms with Crippen molar-refractivity contribution in [3.8, 4) is 5.75 Å². The minimum absolute atomic E-state index is 0.114. The summed E-state index contributed by atoms with van der Waals surface area (Å²) in [6.07, 6.45) is 3.29. The van der Waals surface area contributed by atoms with Crippen molar-refractivity contribution in [3.63, 3.8) is 0 Å². The highest BCUT2D eigenvalue weighted by Crippen LogP contribution is 2.41. The molecule has 0 unspecified atom stereocenters. The van der Waals surface area contributed by atoms with Crippen LogP contribution < -0.4 is 4.74 Å². The van der Waals surface area contributed by atoms with Gasteiger partial charge in [0, 0.05) is 18.4 Å². The van der Waals surface area contributed by atoms with Gasteiger partial charge in [-0.1, -0.05) is 6.07 Å². The van der Waals surface area contributed by atoms with Crippen LogP contribution in [0.25, 0.3) is 0 Å². The molecule has 0 saturated heterocycles. The Bertz CT molecular complexity index is 458. The first-order valence-corrected chi connectivity index (χ1v) is 6.19. The Morgan fingerprint density at radius 1 is 1.35 bits per heavy atom. The average Bonchev–Trinajstić information content (AvgIpc) is 2.54. The Morgan fingerprint density at radius 2 is 2.06 bits per heavy atom. The minimum Gasteiger partial charge on any atom is -0.487 e. The summed E-state index contributed by atoms with van der Waals surface area (Å²) >= 11 is 0. The van der Waals surface area contributed by atoms with Crippen molar-refractivity contribution in [3.05, 3.63) is 28.3 Å². The zero-order chi connectivity index (χ0) is 12.6. The maximum Gasteiger partial charge on any atom is 0.127 e. The Morgan fingerprint density at radius 3 is 2.71 bits per heavy atom. The highest BCUT2D eigenvalue weighted by molar-refractivity contribution is 5.56. The molecule has 17 heavy (non-hydrogen) atoms. The number of fused-ring (bicyclic) bond motifs is 1. The van der Waals surface area contributed by atoms with Crippen molar-refractivity contribution in [2.45, 2.75) is 52.6 Å². The van der Waals surface area contributed by atoms with E-state index < -0.39 is 0 Å². The Hall–Kier alpha value is -1.31. The van der Waals surface area contributed by atoms with Crippen LogP contribution >= 0.6 is 0 Å². The van der Waals surface area contributed by atoms with Gasteiger partial charge in [-0.2, -0.15) is 0 Å². The summed E-state index contributed by atoms with van der Waals surface area (Å²) in [4.78, 5) is 10.5. The quantitative estimate of drug-likeness (QED) is 0.748. The SMILES string of the molecule is Cc1cc(C)c2c(c1CCC=O)OC(C)(C)C2. The van der Waals surface area contributed by atoms with Crippen LogP contribution in [0.15, 0.2) is 6.07 Å². The van der Waals surface area contributed by atoms with E-state index in [0.29, 0.717) is 6.42 Å². The molecular weight excluding hydrogens is 212 g/mol. The summed E-state index contributed by atoms with van der Waals surface area (Å²) < 4.78 is 6.07. The summed E-state index contributed by atoms with van der Waals surface area (Å²) in [7, 11) is 0. The second-order valence-corrected chi connectivity index (χ2v) is 5.54. The number of hydrogen-bond donors (Lipinski definition) is 0. The minimum atomic E-state index is -0.114. The third kappa shape index (κ3) is 2.21. The fraction of sp³-hybridized carbons (Fsp3) is 0.533. The van der Waals surface area contributed by atoms with Crippen LogP contribution in [0.2, 0.25) is 0 Å². The normalized spacial score (nSPS) is 16.5. The van der Waals surface area contributed by atoms with Crippen LogP contribution in [-0.2, 0) is 17.6 Å². The number of carbonyl (C=O) groups excluding carboxylic acids is 1. The summed E-state index contributed by atoms with van der Waals surface area (Å²) in [5, 5.41) is 0. The van der Waals surface area contributed by atoms with Crippen molar-refractivity contribution in [2.24, 2.45) is 0 Å². The van der Waals surface area contributed by atoms with Gasteiger partial charge >= 0.3 is 0 Å². The van der Waals surface area contributed by atoms with Crippen LogP contribution in [0.5, 0.6) is 5.75 Å². The monoisotopic (exact) mass is 232 g/mol. The maximum atomic E-state index is 10.5. The fourth-order valence-electron chi connectivity index (χ4n) is 2.63. The van der Waals surface area contributed by atoms with E-state index in [2.05, 4.69) is 33.8 Å². The van der Waals surface area contributed by atoms with Crippen LogP contribution in [0.4, 0.5) is 0 Å². The van der Waals surface area contributed by atoms with Gasteiger partial charge in [-0.15, -0.1) is 0 Å². The Labute approximate surface area is 103 Å². The molecule has 0 bridgehead atoms. The summed E-state index contributed by atoms with van der Waals surface area (Å²) in [5.74, 6) is 1.04. The molecular formula is C15H20O2. The number of rotatable bonds is 3. The average molecular weight is 232 g/mol. The first kappa shape index (κ1) is 12.2. The van der Waals surface area contributed by atoms with Crippen LogP contribution in [-0.4, -0.2) is 11.9 Å². The second kappa shape index (κ2) is 4.17. The molecule has 0 spiro atoms. The highest BCUT2D eigenvalue weighted by Gasteiger charge is 2.33. The molecule has 1 aliphatic rings. The van der Waals surface area contributed by atoms with Crippen molar-refractivity contribution < 1.29 is 9.53 Å². The smallest absolute Gasteiger partial charge is 0.127 e. The molecule has 1 aliphatic heterocycles. The molecule has 2 rings (SSSR count). The topological polar surface area (TPSA) is 26.3 Å². The van der Waals surface area contributed by atoms with Gasteiger partial charge in [-0.25, -0.2) is 0 Å². The predicted octanol–water partition coefficient (Wildman–Crippen LogP) is 3.15. The van der Waals surface area contributed by atoms with Gasteiger partial charge in [0.2, 0.25) is 0 Å². The van der Waals surface area contributed by atoms with Crippen LogP contribution in [0.1, 0.15) is 42.5 Å². The van der Waals surface area contributed by atoms with Crippen molar-refractivity contribution in [1.29, 1.82) is 0 Å². The third-order valence-corrected chi connectivity index (χ3v) is 3.43. The van der Waals surface area contributed by atoms with Crippen molar-refractivity contribution in [1.82, 2.24) is 0 Å². The number of benzene rings is 1. The molecule has 0 atom stereocenters. The van der Waals surface area contributed by atoms with Gasteiger partial charge in [0.1, 0.15) is 17.6 Å². The van der Waals surface area contributed by atoms with Gasteiger partial charge in [0.15, 0.2) is 0 Å². The van der Waals surface area contributed by atoms with E-state index in [1.165, 1.54) is 22.3 Å². The molecule has 2 heteroatoms. The molecule has 2 nitrogen and oxygen atoms in total. The zero-order valence-corrected chi connectivity index (χ0v) is 11.1. The summed E-state index contributed by atoms with van der Waals surface area (Å²) in [5.41, 5.74) is 4.96. The van der Waals surface area contributed by atoms with Gasteiger partial charge < -0.3 is 9.53 Å². The van der Waals surface area contributed by atoms with E-state index in [4.69, 9.17) is 4.74 Å². The molecule has 92 valence electrons. The van der Waals surface area contributed by atoms with Gasteiger partial charge in [0.25, 0.3) is 0 Å². The molecule has 0 fully saturated rings. The first-order valence-electron chi connectivity index (χ1n) is 6.19. The van der Waals surface area contributed by atoms with E-state index in [9.17, 15) is 4.79 Å². The van der Waals surface area contributed by atoms with Gasteiger partial charge in [0.05, 0.1) is 0 Å². The van der Waals surface area contributed by atoms with E-state index in [1.807, 2.05) is 0 Å². The number of aryl methyl sites for hydroxylation is 2. The number of ether oxygens (including phenoxy) is 1. The van der Waals surface area contributed by atoms with Gasteiger partial charge in [-0.3, -0.25) is 0 Å². The fourth-order valence-corrected chi connectivity index (χ4v) is 2.63. The third-order valence-electron chi connectivity index (χ3n) is 3.43. The summed E-state index contributed by atoms with van der Waals surface area (Å²) in [6.45, 7) is 8.47. The molecule has 0 aromatic heterocycles. The molecule has 0 aliphatic carbocycles. The lowest BCUT2D eigenvalue weighted by Gasteiger charge is -2.18. The Balaban J connectivity index is 2.48. The van der Waals surface area contributed by atoms with Crippen LogP contribution in [0.3, 0.4) is 0 Å². The van der Waals surface area contributed by atoms with Crippen molar-refractivity contribution >= 4 is 6.29 Å². The molecule has 1 aromatic rings. The van der Waals surface area contributed by atoms with E-state index in [1.54, 1.807) is 0 Å². The molecule has 0 amide bonds. The van der Waals surface area contributed by atoms with E-state index in [-0.39, 0.29) is 5.60 Å². The lowest BCUT2D eigenvalue weighted by Crippen LogP contribution is -2.25. The molecule has 0 saturated carbocycles. The second-order valence-electron chi connectivity index (χ2n) is 5.54. The lowest BCUT2D eigenvalue weighted by atomic mass is 9.92.